The zero-order valence-electron chi connectivity index (χ0n) is 22.4. The van der Waals surface area contributed by atoms with E-state index in [1.807, 2.05) is 45.0 Å². The molecule has 1 unspecified atom stereocenters. The molecular weight excluding hydrogens is 602 g/mol. The third-order valence-electron chi connectivity index (χ3n) is 6.15. The first-order valence-electron chi connectivity index (χ1n) is 12.6. The summed E-state index contributed by atoms with van der Waals surface area (Å²) in [5.74, 6) is -0.616. The van der Waals surface area contributed by atoms with Crippen LogP contribution in [-0.4, -0.2) is 44.3 Å². The highest BCUT2D eigenvalue weighted by molar-refractivity contribution is 9.10. The normalized spacial score (nSPS) is 12.2. The first kappa shape index (κ1) is 30.7. The Bertz CT molecular complexity index is 1420. The van der Waals surface area contributed by atoms with E-state index >= 15 is 0 Å². The molecule has 0 saturated carbocycles. The van der Waals surface area contributed by atoms with Gasteiger partial charge in [0.25, 0.3) is 10.0 Å². The van der Waals surface area contributed by atoms with Crippen LogP contribution in [0, 0.1) is 12.8 Å². The quantitative estimate of drug-likeness (QED) is 0.289. The standard InChI is InChI=1S/C29H33BrClN3O4S/c1-20(2)17-32-29(36)22(4)33(18-23-9-8-10-24(30)15-23)28(35)19-34(25-14-13-21(3)27(31)16-25)39(37,38)26-11-6-5-7-12-26/h5-16,20,22H,17-19H2,1-4H3,(H,32,36). The number of amides is 2. The van der Waals surface area contributed by atoms with E-state index in [9.17, 15) is 18.0 Å². The Kier molecular flexibility index (Phi) is 10.6. The van der Waals surface area contributed by atoms with E-state index in [-0.39, 0.29) is 29.0 Å². The van der Waals surface area contributed by atoms with E-state index in [4.69, 9.17) is 11.6 Å². The number of sulfonamides is 1. The molecule has 3 aromatic rings. The van der Waals surface area contributed by atoms with Crippen molar-refractivity contribution in [1.82, 2.24) is 10.2 Å². The van der Waals surface area contributed by atoms with Gasteiger partial charge in [0.05, 0.1) is 10.6 Å². The molecule has 2 amide bonds. The molecule has 7 nitrogen and oxygen atoms in total. The number of hydrogen-bond donors (Lipinski definition) is 1. The second kappa shape index (κ2) is 13.5. The fourth-order valence-corrected chi connectivity index (χ4v) is 5.90. The average molecular weight is 635 g/mol. The number of halogens is 2. The van der Waals surface area contributed by atoms with Crippen molar-refractivity contribution in [1.29, 1.82) is 0 Å². The summed E-state index contributed by atoms with van der Waals surface area (Å²) in [6, 6.07) is 19.3. The Hall–Kier alpha value is -2.88. The maximum atomic E-state index is 13.9. The lowest BCUT2D eigenvalue weighted by atomic mass is 10.1. The SMILES string of the molecule is Cc1ccc(N(CC(=O)N(Cc2cccc(Br)c2)C(C)C(=O)NCC(C)C)S(=O)(=O)c2ccccc2)cc1Cl. The van der Waals surface area contributed by atoms with Crippen LogP contribution in [0.1, 0.15) is 31.9 Å². The van der Waals surface area contributed by atoms with Crippen LogP contribution >= 0.6 is 27.5 Å². The van der Waals surface area contributed by atoms with Gasteiger partial charge in [-0.3, -0.25) is 13.9 Å². The molecule has 3 aromatic carbocycles. The first-order valence-corrected chi connectivity index (χ1v) is 15.2. The molecule has 3 rings (SSSR count). The van der Waals surface area contributed by atoms with Gasteiger partial charge in [-0.15, -0.1) is 0 Å². The van der Waals surface area contributed by atoms with E-state index in [0.717, 1.165) is 19.9 Å². The molecule has 0 spiro atoms. The molecular formula is C29H33BrClN3O4S. The van der Waals surface area contributed by atoms with Gasteiger partial charge in [-0.05, 0) is 67.3 Å². The fraction of sp³-hybridized carbons (Fsp3) is 0.310. The molecule has 0 fully saturated rings. The van der Waals surface area contributed by atoms with Crippen LogP contribution in [0.2, 0.25) is 5.02 Å². The molecule has 0 aromatic heterocycles. The average Bonchev–Trinajstić information content (AvgIpc) is 2.90. The lowest BCUT2D eigenvalue weighted by molar-refractivity contribution is -0.139. The molecule has 10 heteroatoms. The molecule has 0 saturated heterocycles. The van der Waals surface area contributed by atoms with Gasteiger partial charge in [0.1, 0.15) is 12.6 Å². The van der Waals surface area contributed by atoms with Crippen LogP contribution in [0.15, 0.2) is 82.2 Å². The van der Waals surface area contributed by atoms with Gasteiger partial charge in [-0.1, -0.05) is 77.8 Å². The molecule has 0 aliphatic heterocycles. The number of nitrogens with one attached hydrogen (secondary N) is 1. The van der Waals surface area contributed by atoms with Crippen molar-refractivity contribution >= 4 is 55.1 Å². The smallest absolute Gasteiger partial charge is 0.264 e. The second-order valence-electron chi connectivity index (χ2n) is 9.72. The summed E-state index contributed by atoms with van der Waals surface area (Å²) in [5, 5.41) is 3.25. The van der Waals surface area contributed by atoms with Gasteiger partial charge in [0, 0.05) is 22.6 Å². The summed E-state index contributed by atoms with van der Waals surface area (Å²) in [4.78, 5) is 28.4. The minimum absolute atomic E-state index is 0.0377. The van der Waals surface area contributed by atoms with Crippen molar-refractivity contribution in [2.45, 2.75) is 45.2 Å². The Morgan fingerprint density at radius 1 is 0.974 bits per heavy atom. The topological polar surface area (TPSA) is 86.8 Å². The molecule has 0 radical (unpaired) electrons. The van der Waals surface area contributed by atoms with Crippen molar-refractivity contribution in [3.8, 4) is 0 Å². The minimum atomic E-state index is -4.14. The van der Waals surface area contributed by atoms with Crippen molar-refractivity contribution in [2.75, 3.05) is 17.4 Å². The number of anilines is 1. The number of aryl methyl sites for hydroxylation is 1. The zero-order valence-corrected chi connectivity index (χ0v) is 25.6. The molecule has 0 heterocycles. The summed E-state index contributed by atoms with van der Waals surface area (Å²) in [6.45, 7) is 7.46. The van der Waals surface area contributed by atoms with Gasteiger partial charge in [0.15, 0.2) is 0 Å². The van der Waals surface area contributed by atoms with E-state index in [1.54, 1.807) is 37.3 Å². The van der Waals surface area contributed by atoms with E-state index in [1.165, 1.54) is 23.1 Å². The van der Waals surface area contributed by atoms with Crippen LogP contribution in [0.5, 0.6) is 0 Å². The molecule has 1 atom stereocenters. The van der Waals surface area contributed by atoms with Crippen LogP contribution in [0.4, 0.5) is 5.69 Å². The number of nitrogens with zero attached hydrogens (tertiary/aromatic N) is 2. The van der Waals surface area contributed by atoms with Crippen LogP contribution < -0.4 is 9.62 Å². The van der Waals surface area contributed by atoms with Gasteiger partial charge in [0.2, 0.25) is 11.8 Å². The van der Waals surface area contributed by atoms with Gasteiger partial charge < -0.3 is 10.2 Å². The molecule has 39 heavy (non-hydrogen) atoms. The van der Waals surface area contributed by atoms with Crippen LogP contribution in [-0.2, 0) is 26.2 Å². The lowest BCUT2D eigenvalue weighted by Crippen LogP contribution is -2.51. The highest BCUT2D eigenvalue weighted by Crippen LogP contribution is 2.28. The summed E-state index contributed by atoms with van der Waals surface area (Å²) < 4.78 is 29.5. The van der Waals surface area contributed by atoms with E-state index < -0.39 is 28.5 Å². The second-order valence-corrected chi connectivity index (χ2v) is 12.9. The summed E-state index contributed by atoms with van der Waals surface area (Å²) >= 11 is 9.80. The van der Waals surface area contributed by atoms with Gasteiger partial charge in [-0.2, -0.15) is 0 Å². The van der Waals surface area contributed by atoms with E-state index in [2.05, 4.69) is 21.2 Å². The maximum absolute atomic E-state index is 13.9. The number of hydrogen-bond acceptors (Lipinski definition) is 4. The highest BCUT2D eigenvalue weighted by atomic mass is 79.9. The predicted molar refractivity (Wildman–Crippen MR) is 159 cm³/mol. The summed E-state index contributed by atoms with van der Waals surface area (Å²) in [7, 11) is -4.14. The Balaban J connectivity index is 2.03. The van der Waals surface area contributed by atoms with Gasteiger partial charge in [-0.25, -0.2) is 8.42 Å². The van der Waals surface area contributed by atoms with Crippen molar-refractivity contribution in [2.24, 2.45) is 5.92 Å². The largest absolute Gasteiger partial charge is 0.354 e. The zero-order chi connectivity index (χ0) is 28.7. The number of benzene rings is 3. The number of carbonyl (C=O) groups excluding carboxylic acids is 2. The van der Waals surface area contributed by atoms with Crippen LogP contribution in [0.25, 0.3) is 0 Å². The van der Waals surface area contributed by atoms with Crippen molar-refractivity contribution in [3.05, 3.63) is 93.4 Å². The lowest BCUT2D eigenvalue weighted by Gasteiger charge is -2.32. The van der Waals surface area contributed by atoms with Crippen LogP contribution in [0.3, 0.4) is 0 Å². The molecule has 208 valence electrons. The third kappa shape index (κ3) is 8.06. The number of carbonyl (C=O) groups is 2. The third-order valence-corrected chi connectivity index (χ3v) is 8.84. The minimum Gasteiger partial charge on any atom is -0.354 e. The van der Waals surface area contributed by atoms with Crippen molar-refractivity contribution in [3.63, 3.8) is 0 Å². The highest BCUT2D eigenvalue weighted by Gasteiger charge is 2.32. The van der Waals surface area contributed by atoms with Crippen molar-refractivity contribution < 1.29 is 18.0 Å². The Morgan fingerprint density at radius 3 is 2.28 bits per heavy atom. The monoisotopic (exact) mass is 633 g/mol. The fourth-order valence-electron chi connectivity index (χ4n) is 3.85. The molecule has 0 aliphatic carbocycles. The van der Waals surface area contributed by atoms with Gasteiger partial charge >= 0.3 is 0 Å². The first-order chi connectivity index (χ1) is 18.4. The molecule has 1 N–H and O–H groups in total. The Labute approximate surface area is 244 Å². The summed E-state index contributed by atoms with van der Waals surface area (Å²) in [5.41, 5.74) is 1.81. The predicted octanol–water partition coefficient (Wildman–Crippen LogP) is 5.80. The summed E-state index contributed by atoms with van der Waals surface area (Å²) in [6.07, 6.45) is 0. The molecule has 0 bridgehead atoms. The van der Waals surface area contributed by atoms with E-state index in [0.29, 0.717) is 11.6 Å². The molecule has 0 aliphatic rings. The maximum Gasteiger partial charge on any atom is 0.264 e. The number of rotatable bonds is 11. The Morgan fingerprint density at radius 2 is 1.67 bits per heavy atom.